The zero-order valence-electron chi connectivity index (χ0n) is 19.3. The van der Waals surface area contributed by atoms with Gasteiger partial charge in [0.05, 0.1) is 6.10 Å². The molecule has 0 saturated carbocycles. The van der Waals surface area contributed by atoms with Gasteiger partial charge in [0.1, 0.15) is 12.3 Å². The molecule has 1 aliphatic rings. The van der Waals surface area contributed by atoms with Crippen LogP contribution in [0.4, 0.5) is 17.2 Å². The lowest BCUT2D eigenvalue weighted by Crippen LogP contribution is -2.43. The zero-order chi connectivity index (χ0) is 24.5. The Labute approximate surface area is 197 Å². The van der Waals surface area contributed by atoms with E-state index in [9.17, 15) is 19.2 Å². The summed E-state index contributed by atoms with van der Waals surface area (Å²) in [5.74, 6) is -0.528. The van der Waals surface area contributed by atoms with Crippen LogP contribution in [-0.2, 0) is 23.9 Å². The Hall–Kier alpha value is -3.73. The summed E-state index contributed by atoms with van der Waals surface area (Å²) in [4.78, 5) is 50.4. The van der Waals surface area contributed by atoms with Gasteiger partial charge in [0.15, 0.2) is 5.82 Å². The third-order valence-electron chi connectivity index (χ3n) is 5.11. The molecule has 1 fully saturated rings. The van der Waals surface area contributed by atoms with Gasteiger partial charge in [-0.2, -0.15) is 0 Å². The molecular formula is C23H29N5O6. The zero-order valence-corrected chi connectivity index (χ0v) is 19.3. The largest absolute Gasteiger partial charge is 0.376 e. The number of aryl methyl sites for hydroxylation is 1. The van der Waals surface area contributed by atoms with Crippen molar-refractivity contribution < 1.29 is 28.4 Å². The molecule has 3 rings (SSSR count). The lowest BCUT2D eigenvalue weighted by Gasteiger charge is -2.23. The number of rotatable bonds is 10. The minimum atomic E-state index is -0.398. The number of ether oxygens (including phenoxy) is 1. The van der Waals surface area contributed by atoms with E-state index in [0.29, 0.717) is 30.3 Å². The second-order valence-corrected chi connectivity index (χ2v) is 8.02. The highest BCUT2D eigenvalue weighted by molar-refractivity contribution is 6.01. The summed E-state index contributed by atoms with van der Waals surface area (Å²) >= 11 is 0. The van der Waals surface area contributed by atoms with Crippen molar-refractivity contribution in [1.29, 1.82) is 0 Å². The predicted molar refractivity (Wildman–Crippen MR) is 124 cm³/mol. The van der Waals surface area contributed by atoms with Crippen LogP contribution in [0.1, 0.15) is 38.4 Å². The van der Waals surface area contributed by atoms with Crippen LogP contribution in [0.25, 0.3) is 0 Å². The Kier molecular flexibility index (Phi) is 8.74. The van der Waals surface area contributed by atoms with Crippen LogP contribution < -0.4 is 20.9 Å². The molecule has 11 nitrogen and oxygen atoms in total. The minimum Gasteiger partial charge on any atom is -0.376 e. The van der Waals surface area contributed by atoms with Crippen LogP contribution >= 0.6 is 0 Å². The summed E-state index contributed by atoms with van der Waals surface area (Å²) in [6, 6.07) is 8.12. The second-order valence-electron chi connectivity index (χ2n) is 8.02. The van der Waals surface area contributed by atoms with E-state index in [1.54, 1.807) is 37.3 Å². The number of carbonyl (C=O) groups excluding carboxylic acids is 4. The summed E-state index contributed by atoms with van der Waals surface area (Å²) in [6.07, 6.45) is 1.61. The van der Waals surface area contributed by atoms with Crippen molar-refractivity contribution in [3.8, 4) is 0 Å². The van der Waals surface area contributed by atoms with Gasteiger partial charge in [-0.1, -0.05) is 5.16 Å². The molecule has 2 heterocycles. The standard InChI is InChI=1S/C23H29N5O6/c1-15-12-20(27-34-15)26-21(30)9-10-23(32)28(14-22(31)24-13-19-4-3-11-33-19)18-7-5-17(6-8-18)25-16(2)29/h5-8,12,19H,3-4,9-11,13-14H2,1-2H3,(H,24,31)(H,25,29)(H,26,27,30)/t19-/m1/s1. The lowest BCUT2D eigenvalue weighted by atomic mass is 10.2. The highest BCUT2D eigenvalue weighted by Gasteiger charge is 2.22. The quantitative estimate of drug-likeness (QED) is 0.481. The number of aromatic nitrogens is 1. The van der Waals surface area contributed by atoms with Gasteiger partial charge in [-0.05, 0) is 44.0 Å². The van der Waals surface area contributed by atoms with E-state index in [-0.39, 0.29) is 43.1 Å². The summed E-state index contributed by atoms with van der Waals surface area (Å²) in [7, 11) is 0. The molecule has 182 valence electrons. The van der Waals surface area contributed by atoms with Crippen LogP contribution in [-0.4, -0.2) is 54.6 Å². The molecule has 1 aromatic carbocycles. The maximum absolute atomic E-state index is 13.0. The van der Waals surface area contributed by atoms with Crippen molar-refractivity contribution in [2.75, 3.05) is 35.2 Å². The minimum absolute atomic E-state index is 0.0195. The normalized spacial score (nSPS) is 14.9. The highest BCUT2D eigenvalue weighted by atomic mass is 16.5. The molecule has 1 aliphatic heterocycles. The molecule has 0 radical (unpaired) electrons. The fourth-order valence-corrected chi connectivity index (χ4v) is 3.47. The van der Waals surface area contributed by atoms with E-state index in [0.717, 1.165) is 12.8 Å². The number of benzene rings is 1. The summed E-state index contributed by atoms with van der Waals surface area (Å²) in [5.41, 5.74) is 1.03. The van der Waals surface area contributed by atoms with Crippen LogP contribution in [0.15, 0.2) is 34.9 Å². The van der Waals surface area contributed by atoms with Gasteiger partial charge in [-0.15, -0.1) is 0 Å². The number of carbonyl (C=O) groups is 4. The number of amides is 4. The van der Waals surface area contributed by atoms with Crippen molar-refractivity contribution in [3.05, 3.63) is 36.1 Å². The van der Waals surface area contributed by atoms with E-state index < -0.39 is 11.8 Å². The third-order valence-corrected chi connectivity index (χ3v) is 5.11. The Bertz CT molecular complexity index is 1010. The highest BCUT2D eigenvalue weighted by Crippen LogP contribution is 2.20. The van der Waals surface area contributed by atoms with Gasteiger partial charge < -0.3 is 30.1 Å². The molecule has 2 aromatic rings. The molecule has 0 unspecified atom stereocenters. The predicted octanol–water partition coefficient (Wildman–Crippen LogP) is 1.99. The van der Waals surface area contributed by atoms with Crippen molar-refractivity contribution >= 4 is 40.8 Å². The van der Waals surface area contributed by atoms with Crippen molar-refractivity contribution in [2.45, 2.75) is 45.6 Å². The number of nitrogens with zero attached hydrogens (tertiary/aromatic N) is 2. The first-order valence-corrected chi connectivity index (χ1v) is 11.1. The Morgan fingerprint density at radius 3 is 2.47 bits per heavy atom. The van der Waals surface area contributed by atoms with Crippen molar-refractivity contribution in [3.63, 3.8) is 0 Å². The number of hydrogen-bond acceptors (Lipinski definition) is 7. The third kappa shape index (κ3) is 7.69. The van der Waals surface area contributed by atoms with Gasteiger partial charge in [0.25, 0.3) is 0 Å². The molecule has 1 aromatic heterocycles. The Morgan fingerprint density at radius 2 is 1.85 bits per heavy atom. The average Bonchev–Trinajstić information content (AvgIpc) is 3.46. The summed E-state index contributed by atoms with van der Waals surface area (Å²) in [6.45, 7) is 3.94. The first-order valence-electron chi connectivity index (χ1n) is 11.1. The molecule has 34 heavy (non-hydrogen) atoms. The lowest BCUT2D eigenvalue weighted by molar-refractivity contribution is -0.125. The summed E-state index contributed by atoms with van der Waals surface area (Å²) < 4.78 is 10.4. The molecular weight excluding hydrogens is 442 g/mol. The Balaban J connectivity index is 1.62. The topological polar surface area (TPSA) is 143 Å². The summed E-state index contributed by atoms with van der Waals surface area (Å²) in [5, 5.41) is 11.7. The smallest absolute Gasteiger partial charge is 0.240 e. The van der Waals surface area contributed by atoms with Crippen LogP contribution in [0, 0.1) is 6.92 Å². The van der Waals surface area contributed by atoms with Crippen LogP contribution in [0.3, 0.4) is 0 Å². The van der Waals surface area contributed by atoms with E-state index >= 15 is 0 Å². The molecule has 1 saturated heterocycles. The number of hydrogen-bond donors (Lipinski definition) is 3. The van der Waals surface area contributed by atoms with Crippen LogP contribution in [0.2, 0.25) is 0 Å². The van der Waals surface area contributed by atoms with Crippen molar-refractivity contribution in [2.24, 2.45) is 0 Å². The molecule has 3 N–H and O–H groups in total. The van der Waals surface area contributed by atoms with E-state index in [4.69, 9.17) is 9.26 Å². The number of nitrogens with one attached hydrogen (secondary N) is 3. The monoisotopic (exact) mass is 471 g/mol. The fraction of sp³-hybridized carbons (Fsp3) is 0.435. The maximum Gasteiger partial charge on any atom is 0.240 e. The molecule has 0 aliphatic carbocycles. The SMILES string of the molecule is CC(=O)Nc1ccc(N(CC(=O)NC[C@H]2CCCO2)C(=O)CCC(=O)Nc2cc(C)on2)cc1. The van der Waals surface area contributed by atoms with Gasteiger partial charge >= 0.3 is 0 Å². The molecule has 0 spiro atoms. The first-order chi connectivity index (χ1) is 16.3. The van der Waals surface area contributed by atoms with Gasteiger partial charge in [0, 0.05) is 50.4 Å². The first kappa shape index (κ1) is 24.9. The average molecular weight is 472 g/mol. The molecule has 1 atom stereocenters. The van der Waals surface area contributed by atoms with Gasteiger partial charge in [-0.3, -0.25) is 19.2 Å². The second kappa shape index (κ2) is 11.9. The van der Waals surface area contributed by atoms with Gasteiger partial charge in [0.2, 0.25) is 23.6 Å². The van der Waals surface area contributed by atoms with Gasteiger partial charge in [-0.25, -0.2) is 0 Å². The Morgan fingerprint density at radius 1 is 1.09 bits per heavy atom. The molecule has 0 bridgehead atoms. The fourth-order valence-electron chi connectivity index (χ4n) is 3.47. The molecule has 11 heteroatoms. The van der Waals surface area contributed by atoms with Crippen molar-refractivity contribution in [1.82, 2.24) is 10.5 Å². The molecule has 4 amide bonds. The number of anilines is 3. The van der Waals surface area contributed by atoms with Crippen LogP contribution in [0.5, 0.6) is 0 Å². The van der Waals surface area contributed by atoms with E-state index in [2.05, 4.69) is 21.1 Å². The van der Waals surface area contributed by atoms with E-state index in [1.165, 1.54) is 11.8 Å². The maximum atomic E-state index is 13.0. The van der Waals surface area contributed by atoms with E-state index in [1.807, 2.05) is 0 Å².